The Morgan fingerprint density at radius 3 is 3.03 bits per heavy atom. The smallest absolute Gasteiger partial charge is 0.254 e. The zero-order chi connectivity index (χ0) is 21.0. The van der Waals surface area contributed by atoms with Crippen LogP contribution in [0.25, 0.3) is 0 Å². The monoisotopic (exact) mass is 405 g/mol. The fourth-order valence-corrected chi connectivity index (χ4v) is 4.43. The molecule has 1 spiro atoms. The second-order valence-electron chi connectivity index (χ2n) is 8.46. The minimum Gasteiger partial charge on any atom is -0.377 e. The quantitative estimate of drug-likeness (QED) is 0.688. The number of rotatable bonds is 6. The van der Waals surface area contributed by atoms with E-state index in [1.54, 1.807) is 24.3 Å². The molecule has 2 saturated heterocycles. The Morgan fingerprint density at radius 1 is 1.37 bits per heavy atom. The van der Waals surface area contributed by atoms with Gasteiger partial charge in [-0.3, -0.25) is 9.78 Å². The van der Waals surface area contributed by atoms with Gasteiger partial charge in [-0.25, -0.2) is 0 Å². The topological polar surface area (TPSA) is 75.5 Å². The molecule has 0 bridgehead atoms. The zero-order valence-electron chi connectivity index (χ0n) is 17.3. The highest BCUT2D eigenvalue weighted by molar-refractivity contribution is 5.95. The summed E-state index contributed by atoms with van der Waals surface area (Å²) in [5.41, 5.74) is 3.10. The van der Waals surface area contributed by atoms with E-state index in [0.29, 0.717) is 36.7 Å². The van der Waals surface area contributed by atoms with Crippen molar-refractivity contribution in [1.82, 2.24) is 9.88 Å². The van der Waals surface area contributed by atoms with Gasteiger partial charge in [0.15, 0.2) is 0 Å². The third-order valence-electron chi connectivity index (χ3n) is 5.95. The molecule has 2 fully saturated rings. The Hall–Kier alpha value is -2.75. The van der Waals surface area contributed by atoms with E-state index < -0.39 is 0 Å². The van der Waals surface area contributed by atoms with Crippen LogP contribution in [0.15, 0.2) is 42.7 Å². The van der Waals surface area contributed by atoms with Crippen molar-refractivity contribution in [3.63, 3.8) is 0 Å². The van der Waals surface area contributed by atoms with Gasteiger partial charge in [0, 0.05) is 31.2 Å². The van der Waals surface area contributed by atoms with Crippen LogP contribution in [0.1, 0.15) is 46.3 Å². The van der Waals surface area contributed by atoms with Crippen LogP contribution in [0.2, 0.25) is 0 Å². The van der Waals surface area contributed by atoms with Crippen molar-refractivity contribution in [3.05, 3.63) is 65.0 Å². The average Bonchev–Trinajstić information content (AvgIpc) is 2.75. The van der Waals surface area contributed by atoms with Crippen molar-refractivity contribution in [2.45, 2.75) is 38.4 Å². The molecule has 0 N–H and O–H groups in total. The molecule has 0 aliphatic carbocycles. The average molecular weight is 405 g/mol. The van der Waals surface area contributed by atoms with E-state index in [0.717, 1.165) is 43.6 Å². The predicted molar refractivity (Wildman–Crippen MR) is 112 cm³/mol. The number of benzene rings is 1. The van der Waals surface area contributed by atoms with E-state index in [-0.39, 0.29) is 11.5 Å². The SMILES string of the molecule is Cc1cncc(COCC[C@H]2CCOC3(C2)CN(C(=O)c2cccc(C#N)c2)C3)c1. The largest absolute Gasteiger partial charge is 0.377 e. The fourth-order valence-electron chi connectivity index (χ4n) is 4.43. The van der Waals surface area contributed by atoms with Gasteiger partial charge < -0.3 is 14.4 Å². The number of likely N-dealkylation sites (tertiary alicyclic amines) is 1. The molecule has 2 aliphatic heterocycles. The van der Waals surface area contributed by atoms with Crippen molar-refractivity contribution in [3.8, 4) is 6.07 Å². The van der Waals surface area contributed by atoms with Gasteiger partial charge >= 0.3 is 0 Å². The normalized spacial score (nSPS) is 19.9. The lowest BCUT2D eigenvalue weighted by Crippen LogP contribution is -2.66. The molecule has 3 heterocycles. The number of aryl methyl sites for hydroxylation is 1. The van der Waals surface area contributed by atoms with Gasteiger partial charge in [0.2, 0.25) is 0 Å². The Morgan fingerprint density at radius 2 is 2.23 bits per heavy atom. The molecule has 2 aromatic rings. The van der Waals surface area contributed by atoms with Crippen LogP contribution in [0.4, 0.5) is 0 Å². The van der Waals surface area contributed by atoms with Crippen LogP contribution in [-0.4, -0.2) is 47.7 Å². The van der Waals surface area contributed by atoms with Crippen molar-refractivity contribution in [1.29, 1.82) is 5.26 Å². The summed E-state index contributed by atoms with van der Waals surface area (Å²) in [5, 5.41) is 9.04. The first-order valence-electron chi connectivity index (χ1n) is 10.5. The third-order valence-corrected chi connectivity index (χ3v) is 5.95. The van der Waals surface area contributed by atoms with Gasteiger partial charge in [0.1, 0.15) is 5.60 Å². The molecule has 30 heavy (non-hydrogen) atoms. The molecule has 1 aromatic heterocycles. The van der Waals surface area contributed by atoms with E-state index in [1.165, 1.54) is 0 Å². The Balaban J connectivity index is 1.23. The molecule has 1 atom stereocenters. The van der Waals surface area contributed by atoms with Crippen molar-refractivity contribution in [2.24, 2.45) is 5.92 Å². The fraction of sp³-hybridized carbons (Fsp3) is 0.458. The molecule has 0 saturated carbocycles. The van der Waals surface area contributed by atoms with E-state index in [9.17, 15) is 4.79 Å². The summed E-state index contributed by atoms with van der Waals surface area (Å²) in [7, 11) is 0. The number of hydrogen-bond acceptors (Lipinski definition) is 5. The number of amides is 1. The Bertz CT molecular complexity index is 947. The molecule has 4 rings (SSSR count). The maximum Gasteiger partial charge on any atom is 0.254 e. The number of ether oxygens (including phenoxy) is 2. The molecule has 1 amide bonds. The van der Waals surface area contributed by atoms with Gasteiger partial charge in [0.25, 0.3) is 5.91 Å². The van der Waals surface area contributed by atoms with Crippen molar-refractivity contribution >= 4 is 5.91 Å². The first-order chi connectivity index (χ1) is 14.6. The number of nitriles is 1. The highest BCUT2D eigenvalue weighted by Gasteiger charge is 2.49. The number of pyridine rings is 1. The molecule has 156 valence electrons. The van der Waals surface area contributed by atoms with Crippen LogP contribution in [0.5, 0.6) is 0 Å². The van der Waals surface area contributed by atoms with Crippen LogP contribution >= 0.6 is 0 Å². The highest BCUT2D eigenvalue weighted by Crippen LogP contribution is 2.38. The van der Waals surface area contributed by atoms with E-state index in [2.05, 4.69) is 17.1 Å². The lowest BCUT2D eigenvalue weighted by Gasteiger charge is -2.53. The number of nitrogens with zero attached hydrogens (tertiary/aromatic N) is 3. The number of aromatic nitrogens is 1. The summed E-state index contributed by atoms with van der Waals surface area (Å²) < 4.78 is 12.0. The lowest BCUT2D eigenvalue weighted by atomic mass is 9.79. The zero-order valence-corrected chi connectivity index (χ0v) is 17.3. The number of hydrogen-bond donors (Lipinski definition) is 0. The summed E-state index contributed by atoms with van der Waals surface area (Å²) in [6.45, 7) is 5.32. The molecule has 6 nitrogen and oxygen atoms in total. The third kappa shape index (κ3) is 4.69. The van der Waals surface area contributed by atoms with Crippen LogP contribution in [0, 0.1) is 24.2 Å². The summed E-state index contributed by atoms with van der Waals surface area (Å²) in [6.07, 6.45) is 6.70. The Kier molecular flexibility index (Phi) is 6.12. The van der Waals surface area contributed by atoms with Crippen LogP contribution in [0.3, 0.4) is 0 Å². The standard InChI is InChI=1S/C24H27N3O3/c1-18-9-21(14-26-13-18)15-29-7-5-19-6-8-30-24(11-19)16-27(17-24)23(28)22-4-2-3-20(10-22)12-25/h2-4,9-10,13-14,19H,5-8,11,15-17H2,1H3/t19-/m0/s1. The minimum atomic E-state index is -0.216. The van der Waals surface area contributed by atoms with Crippen LogP contribution < -0.4 is 0 Å². The van der Waals surface area contributed by atoms with E-state index >= 15 is 0 Å². The van der Waals surface area contributed by atoms with E-state index in [4.69, 9.17) is 14.7 Å². The second kappa shape index (κ2) is 8.95. The number of carbonyl (C=O) groups is 1. The number of carbonyl (C=O) groups excluding carboxylic acids is 1. The minimum absolute atomic E-state index is 0.0291. The van der Waals surface area contributed by atoms with Crippen molar-refractivity contribution < 1.29 is 14.3 Å². The van der Waals surface area contributed by atoms with E-state index in [1.807, 2.05) is 24.2 Å². The Labute approximate surface area is 177 Å². The van der Waals surface area contributed by atoms with Gasteiger partial charge in [0.05, 0.1) is 31.3 Å². The first-order valence-corrected chi connectivity index (χ1v) is 10.5. The second-order valence-corrected chi connectivity index (χ2v) is 8.46. The molecular formula is C24H27N3O3. The molecular weight excluding hydrogens is 378 g/mol. The molecule has 0 unspecified atom stereocenters. The first kappa shape index (κ1) is 20.5. The highest BCUT2D eigenvalue weighted by atomic mass is 16.5. The maximum absolute atomic E-state index is 12.7. The predicted octanol–water partition coefficient (Wildman–Crippen LogP) is 3.49. The molecule has 1 aromatic carbocycles. The lowest BCUT2D eigenvalue weighted by molar-refractivity contribution is -0.167. The molecule has 6 heteroatoms. The maximum atomic E-state index is 12.7. The van der Waals surface area contributed by atoms with Gasteiger partial charge in [-0.05, 0) is 61.4 Å². The van der Waals surface area contributed by atoms with Gasteiger partial charge in [-0.15, -0.1) is 0 Å². The summed E-state index contributed by atoms with van der Waals surface area (Å²) in [4.78, 5) is 18.7. The summed E-state index contributed by atoms with van der Waals surface area (Å²) in [5.74, 6) is 0.520. The van der Waals surface area contributed by atoms with Crippen molar-refractivity contribution in [2.75, 3.05) is 26.3 Å². The van der Waals surface area contributed by atoms with Crippen LogP contribution in [-0.2, 0) is 16.1 Å². The molecule has 2 aliphatic rings. The summed E-state index contributed by atoms with van der Waals surface area (Å²) in [6, 6.07) is 11.1. The molecule has 0 radical (unpaired) electrons. The summed E-state index contributed by atoms with van der Waals surface area (Å²) >= 11 is 0. The van der Waals surface area contributed by atoms with Gasteiger partial charge in [-0.1, -0.05) is 12.1 Å². The van der Waals surface area contributed by atoms with Gasteiger partial charge in [-0.2, -0.15) is 5.26 Å².